The van der Waals surface area contributed by atoms with Gasteiger partial charge in [0.2, 0.25) is 11.7 Å². The summed E-state index contributed by atoms with van der Waals surface area (Å²) in [6, 6.07) is 6.09. The van der Waals surface area contributed by atoms with Crippen molar-refractivity contribution in [1.29, 1.82) is 0 Å². The molecule has 0 saturated carbocycles. The topological polar surface area (TPSA) is 123 Å². The van der Waals surface area contributed by atoms with Gasteiger partial charge < -0.3 is 19.8 Å². The van der Waals surface area contributed by atoms with Gasteiger partial charge in [-0.2, -0.15) is 4.39 Å². The fraction of sp³-hybridized carbons (Fsp3) is 0.348. The molecule has 1 aromatic carbocycles. The molecule has 0 saturated heterocycles. The fourth-order valence-electron chi connectivity index (χ4n) is 3.48. The van der Waals surface area contributed by atoms with Crippen LogP contribution < -0.4 is 14.8 Å². The Labute approximate surface area is 206 Å². The van der Waals surface area contributed by atoms with Crippen molar-refractivity contribution in [2.75, 3.05) is 26.5 Å². The van der Waals surface area contributed by atoms with E-state index in [0.717, 1.165) is 11.3 Å². The molecular weight excluding hydrogens is 495 g/mol. The standard InChI is InChI=1S/C23H25FN4O5S2/c1-4-7-32-22-20(24)17(33-14-5-6-19(26-11-14)35(3,30)31)9-13-8-16(28-21(13)22)23-27-12-15(34-23)10-18(29)25-2/h5-6,8-9,11,15,28H,4,7,10,12H2,1-3H3,(H,25,29). The van der Waals surface area contributed by atoms with E-state index in [1.165, 1.54) is 36.2 Å². The number of ether oxygens (including phenoxy) is 2. The Hall–Kier alpha value is -3.12. The smallest absolute Gasteiger partial charge is 0.220 e. The average molecular weight is 521 g/mol. The Bertz CT molecular complexity index is 1390. The molecule has 3 heterocycles. The van der Waals surface area contributed by atoms with E-state index in [9.17, 15) is 13.2 Å². The number of aromatic amines is 1. The van der Waals surface area contributed by atoms with Crippen molar-refractivity contribution in [2.24, 2.45) is 4.99 Å². The molecule has 1 aliphatic rings. The number of nitrogens with zero attached hydrogens (tertiary/aromatic N) is 2. The Kier molecular flexibility index (Phi) is 7.31. The highest BCUT2D eigenvalue weighted by atomic mass is 32.2. The Morgan fingerprint density at radius 2 is 2.14 bits per heavy atom. The lowest BCUT2D eigenvalue weighted by molar-refractivity contribution is -0.120. The summed E-state index contributed by atoms with van der Waals surface area (Å²) >= 11 is 1.50. The van der Waals surface area contributed by atoms with Crippen molar-refractivity contribution in [3.8, 4) is 17.2 Å². The van der Waals surface area contributed by atoms with Crippen molar-refractivity contribution in [1.82, 2.24) is 15.3 Å². The number of nitrogens with one attached hydrogen (secondary N) is 2. The largest absolute Gasteiger partial charge is 0.488 e. The molecule has 0 spiro atoms. The maximum absolute atomic E-state index is 15.4. The molecule has 2 N–H and O–H groups in total. The Morgan fingerprint density at radius 1 is 1.34 bits per heavy atom. The van der Waals surface area contributed by atoms with Gasteiger partial charge in [0.15, 0.2) is 26.4 Å². The van der Waals surface area contributed by atoms with Gasteiger partial charge in [-0.05, 0) is 30.7 Å². The number of pyridine rings is 1. The first-order valence-electron chi connectivity index (χ1n) is 10.9. The van der Waals surface area contributed by atoms with Crippen molar-refractivity contribution in [3.63, 3.8) is 0 Å². The summed E-state index contributed by atoms with van der Waals surface area (Å²) in [5, 5.41) is 3.94. The van der Waals surface area contributed by atoms with E-state index in [1.54, 1.807) is 7.05 Å². The second-order valence-electron chi connectivity index (χ2n) is 7.98. The van der Waals surface area contributed by atoms with Crippen LogP contribution in [0.5, 0.6) is 17.2 Å². The normalized spacial score (nSPS) is 15.8. The number of hydrogen-bond donors (Lipinski definition) is 2. The monoisotopic (exact) mass is 520 g/mol. The van der Waals surface area contributed by atoms with E-state index in [1.807, 2.05) is 13.0 Å². The number of benzene rings is 1. The van der Waals surface area contributed by atoms with Gasteiger partial charge in [0, 0.05) is 30.4 Å². The SMILES string of the molecule is CCCOc1c(F)c(Oc2ccc(S(C)(=O)=O)nc2)cc2cc(C3=NCC(CC(=O)NC)S3)[nH]c12. The van der Waals surface area contributed by atoms with Crippen LogP contribution in [0.1, 0.15) is 25.5 Å². The van der Waals surface area contributed by atoms with Crippen LogP contribution in [-0.2, 0) is 14.6 Å². The number of halogens is 1. The van der Waals surface area contributed by atoms with Crippen LogP contribution in [0.25, 0.3) is 10.9 Å². The molecule has 2 aromatic heterocycles. The summed E-state index contributed by atoms with van der Waals surface area (Å²) < 4.78 is 50.1. The van der Waals surface area contributed by atoms with Gasteiger partial charge in [0.1, 0.15) is 10.8 Å². The van der Waals surface area contributed by atoms with Gasteiger partial charge in [0.05, 0.1) is 30.6 Å². The summed E-state index contributed by atoms with van der Waals surface area (Å²) in [5.41, 5.74) is 1.17. The lowest BCUT2D eigenvalue weighted by Crippen LogP contribution is -2.22. The molecule has 12 heteroatoms. The molecule has 1 atom stereocenters. The van der Waals surface area contributed by atoms with Crippen LogP contribution in [0.3, 0.4) is 0 Å². The van der Waals surface area contributed by atoms with E-state index in [-0.39, 0.29) is 33.4 Å². The van der Waals surface area contributed by atoms with E-state index in [2.05, 4.69) is 20.3 Å². The predicted octanol–water partition coefficient (Wildman–Crippen LogP) is 3.68. The van der Waals surface area contributed by atoms with Crippen LogP contribution in [0, 0.1) is 5.82 Å². The maximum atomic E-state index is 15.4. The number of fused-ring (bicyclic) bond motifs is 1. The summed E-state index contributed by atoms with van der Waals surface area (Å²) in [6.07, 6.45) is 3.32. The number of thioether (sulfide) groups is 1. The van der Waals surface area contributed by atoms with E-state index < -0.39 is 15.7 Å². The lowest BCUT2D eigenvalue weighted by Gasteiger charge is -2.12. The van der Waals surface area contributed by atoms with Gasteiger partial charge in [0.25, 0.3) is 0 Å². The minimum atomic E-state index is -3.46. The molecule has 0 bridgehead atoms. The summed E-state index contributed by atoms with van der Waals surface area (Å²) in [4.78, 5) is 23.3. The number of amides is 1. The molecule has 1 unspecified atom stereocenters. The highest BCUT2D eigenvalue weighted by molar-refractivity contribution is 8.15. The zero-order valence-electron chi connectivity index (χ0n) is 19.4. The number of hydrogen-bond acceptors (Lipinski definition) is 8. The first-order chi connectivity index (χ1) is 16.7. The van der Waals surface area contributed by atoms with Crippen LogP contribution in [0.15, 0.2) is 40.5 Å². The molecule has 1 aliphatic heterocycles. The quantitative estimate of drug-likeness (QED) is 0.441. The number of carbonyl (C=O) groups excluding carboxylic acids is 1. The summed E-state index contributed by atoms with van der Waals surface area (Å²) in [7, 11) is -1.86. The van der Waals surface area contributed by atoms with Gasteiger partial charge >= 0.3 is 0 Å². The van der Waals surface area contributed by atoms with Crippen LogP contribution in [-0.4, -0.2) is 61.0 Å². The molecule has 0 aliphatic carbocycles. The Morgan fingerprint density at radius 3 is 2.80 bits per heavy atom. The number of aliphatic imine (C=N–C) groups is 1. The summed E-state index contributed by atoms with van der Waals surface area (Å²) in [5.74, 6) is -0.613. The molecule has 3 aromatic rings. The van der Waals surface area contributed by atoms with Crippen LogP contribution >= 0.6 is 11.8 Å². The van der Waals surface area contributed by atoms with Crippen molar-refractivity contribution < 1.29 is 27.1 Å². The number of H-pyrrole nitrogens is 1. The minimum Gasteiger partial charge on any atom is -0.488 e. The Balaban J connectivity index is 1.65. The summed E-state index contributed by atoms with van der Waals surface area (Å²) in [6.45, 7) is 2.74. The maximum Gasteiger partial charge on any atom is 0.220 e. The van der Waals surface area contributed by atoms with E-state index >= 15 is 4.39 Å². The number of aromatic nitrogens is 2. The van der Waals surface area contributed by atoms with Gasteiger partial charge in [-0.3, -0.25) is 9.79 Å². The number of sulfone groups is 1. The molecule has 186 valence electrons. The molecule has 0 radical (unpaired) electrons. The van der Waals surface area contributed by atoms with Gasteiger partial charge in [-0.1, -0.05) is 18.7 Å². The zero-order valence-corrected chi connectivity index (χ0v) is 21.1. The third kappa shape index (κ3) is 5.59. The van der Waals surface area contributed by atoms with Gasteiger partial charge in [-0.25, -0.2) is 13.4 Å². The highest BCUT2D eigenvalue weighted by Gasteiger charge is 2.26. The molecule has 0 fully saturated rings. The third-order valence-corrected chi connectivity index (χ3v) is 7.41. The third-order valence-electron chi connectivity index (χ3n) is 5.18. The second-order valence-corrected chi connectivity index (χ2v) is 11.2. The first-order valence-corrected chi connectivity index (χ1v) is 13.7. The predicted molar refractivity (Wildman–Crippen MR) is 133 cm³/mol. The molecule has 9 nitrogen and oxygen atoms in total. The van der Waals surface area contributed by atoms with Crippen molar-refractivity contribution >= 4 is 43.5 Å². The lowest BCUT2D eigenvalue weighted by atomic mass is 10.2. The van der Waals surface area contributed by atoms with Crippen LogP contribution in [0.4, 0.5) is 4.39 Å². The van der Waals surface area contributed by atoms with E-state index in [4.69, 9.17) is 9.47 Å². The average Bonchev–Trinajstić information content (AvgIpc) is 3.46. The zero-order chi connectivity index (χ0) is 25.2. The van der Waals surface area contributed by atoms with Crippen molar-refractivity contribution in [3.05, 3.63) is 42.0 Å². The van der Waals surface area contributed by atoms with Crippen LogP contribution in [0.2, 0.25) is 0 Å². The molecule has 35 heavy (non-hydrogen) atoms. The molecule has 4 rings (SSSR count). The van der Waals surface area contributed by atoms with Gasteiger partial charge in [-0.15, -0.1) is 0 Å². The van der Waals surface area contributed by atoms with Crippen molar-refractivity contribution in [2.45, 2.75) is 30.0 Å². The number of carbonyl (C=O) groups is 1. The second kappa shape index (κ2) is 10.2. The fourth-order valence-corrected chi connectivity index (χ4v) is 5.13. The molecule has 1 amide bonds. The number of rotatable bonds is 9. The minimum absolute atomic E-state index is 0.0248. The highest BCUT2D eigenvalue weighted by Crippen LogP contribution is 2.39. The van der Waals surface area contributed by atoms with E-state index in [0.29, 0.717) is 42.6 Å². The molecular formula is C23H25FN4O5S2. The first kappa shape index (κ1) is 25.0.